The van der Waals surface area contributed by atoms with Crippen LogP contribution in [-0.4, -0.2) is 11.7 Å². The van der Waals surface area contributed by atoms with Gasteiger partial charge in [-0.25, -0.2) is 0 Å². The number of benzene rings is 2. The van der Waals surface area contributed by atoms with Crippen LogP contribution in [0.25, 0.3) is 0 Å². The molecule has 2 nitrogen and oxygen atoms in total. The predicted molar refractivity (Wildman–Crippen MR) is 68.8 cm³/mol. The maximum absolute atomic E-state index is 9.50. The fourth-order valence-corrected chi connectivity index (χ4v) is 1.64. The lowest BCUT2D eigenvalue weighted by molar-refractivity contribution is 0.303. The zero-order valence-corrected chi connectivity index (χ0v) is 10.0. The van der Waals surface area contributed by atoms with E-state index in [1.165, 1.54) is 0 Å². The highest BCUT2D eigenvalue weighted by Gasteiger charge is 2.00. The van der Waals surface area contributed by atoms with E-state index >= 15 is 0 Å². The van der Waals surface area contributed by atoms with Crippen molar-refractivity contribution < 1.29 is 9.84 Å². The van der Waals surface area contributed by atoms with Crippen LogP contribution in [0, 0.1) is 0 Å². The Labute approximate surface area is 105 Å². The number of hydrogen-bond donors (Lipinski definition) is 1. The molecule has 0 aliphatic carbocycles. The first-order valence-corrected chi connectivity index (χ1v) is 5.79. The number of phenolic OH excluding ortho intramolecular Hbond substituents is 1. The second kappa shape index (κ2) is 5.60. The highest BCUT2D eigenvalue weighted by Crippen LogP contribution is 2.24. The SMILES string of the molecule is Oc1ccccc1OCCc1ccc(Cl)cc1. The van der Waals surface area contributed by atoms with E-state index in [9.17, 15) is 5.11 Å². The van der Waals surface area contributed by atoms with Crippen LogP contribution in [0.15, 0.2) is 48.5 Å². The summed E-state index contributed by atoms with van der Waals surface area (Å²) < 4.78 is 5.49. The first-order valence-electron chi connectivity index (χ1n) is 5.41. The molecule has 88 valence electrons. The number of aromatic hydroxyl groups is 1. The van der Waals surface area contributed by atoms with Crippen molar-refractivity contribution in [3.63, 3.8) is 0 Å². The highest BCUT2D eigenvalue weighted by atomic mass is 35.5. The number of ether oxygens (including phenoxy) is 1. The molecule has 17 heavy (non-hydrogen) atoms. The lowest BCUT2D eigenvalue weighted by atomic mass is 10.2. The van der Waals surface area contributed by atoms with Crippen LogP contribution in [-0.2, 0) is 6.42 Å². The van der Waals surface area contributed by atoms with Crippen molar-refractivity contribution in [3.8, 4) is 11.5 Å². The molecule has 0 aromatic heterocycles. The maximum Gasteiger partial charge on any atom is 0.160 e. The van der Waals surface area contributed by atoms with Gasteiger partial charge >= 0.3 is 0 Å². The van der Waals surface area contributed by atoms with Gasteiger partial charge in [0.15, 0.2) is 11.5 Å². The molecule has 3 heteroatoms. The van der Waals surface area contributed by atoms with Crippen molar-refractivity contribution in [1.82, 2.24) is 0 Å². The molecule has 0 saturated heterocycles. The topological polar surface area (TPSA) is 29.5 Å². The Bertz CT molecular complexity index is 480. The summed E-state index contributed by atoms with van der Waals surface area (Å²) in [6.45, 7) is 0.527. The number of phenols is 1. The molecule has 0 aliphatic rings. The van der Waals surface area contributed by atoms with E-state index in [0.717, 1.165) is 17.0 Å². The van der Waals surface area contributed by atoms with Crippen LogP contribution in [0.4, 0.5) is 0 Å². The van der Waals surface area contributed by atoms with E-state index in [0.29, 0.717) is 12.4 Å². The Morgan fingerprint density at radius 1 is 1.00 bits per heavy atom. The zero-order chi connectivity index (χ0) is 12.1. The van der Waals surface area contributed by atoms with E-state index in [4.69, 9.17) is 16.3 Å². The third-order valence-corrected chi connectivity index (χ3v) is 2.68. The summed E-state index contributed by atoms with van der Waals surface area (Å²) in [5.41, 5.74) is 1.16. The fourth-order valence-electron chi connectivity index (χ4n) is 1.51. The number of para-hydroxylation sites is 2. The summed E-state index contributed by atoms with van der Waals surface area (Å²) in [7, 11) is 0. The third-order valence-electron chi connectivity index (χ3n) is 2.43. The average molecular weight is 249 g/mol. The van der Waals surface area contributed by atoms with Crippen LogP contribution in [0.1, 0.15) is 5.56 Å². The largest absolute Gasteiger partial charge is 0.504 e. The third kappa shape index (κ3) is 3.40. The van der Waals surface area contributed by atoms with E-state index in [2.05, 4.69) is 0 Å². The number of hydrogen-bond acceptors (Lipinski definition) is 2. The molecule has 0 radical (unpaired) electrons. The van der Waals surface area contributed by atoms with Gasteiger partial charge in [0.25, 0.3) is 0 Å². The number of rotatable bonds is 4. The molecule has 0 amide bonds. The van der Waals surface area contributed by atoms with E-state index < -0.39 is 0 Å². The minimum atomic E-state index is 0.170. The van der Waals surface area contributed by atoms with Crippen molar-refractivity contribution in [2.75, 3.05) is 6.61 Å². The Hall–Kier alpha value is -1.67. The molecule has 0 bridgehead atoms. The maximum atomic E-state index is 9.50. The van der Waals surface area contributed by atoms with Crippen molar-refractivity contribution in [1.29, 1.82) is 0 Å². The molecule has 1 N–H and O–H groups in total. The molecule has 0 saturated carbocycles. The summed E-state index contributed by atoms with van der Waals surface area (Å²) >= 11 is 5.80. The normalized spacial score (nSPS) is 10.2. The van der Waals surface area contributed by atoms with Crippen LogP contribution < -0.4 is 4.74 Å². The van der Waals surface area contributed by atoms with Gasteiger partial charge in [0.2, 0.25) is 0 Å². The van der Waals surface area contributed by atoms with Gasteiger partial charge in [-0.15, -0.1) is 0 Å². The predicted octanol–water partition coefficient (Wildman–Crippen LogP) is 3.67. The molecule has 0 spiro atoms. The van der Waals surface area contributed by atoms with Crippen LogP contribution >= 0.6 is 11.6 Å². The second-order valence-electron chi connectivity index (χ2n) is 3.69. The number of halogens is 1. The first kappa shape index (κ1) is 11.8. The van der Waals surface area contributed by atoms with Gasteiger partial charge in [-0.1, -0.05) is 35.9 Å². The van der Waals surface area contributed by atoms with Gasteiger partial charge < -0.3 is 9.84 Å². The molecular weight excluding hydrogens is 236 g/mol. The van der Waals surface area contributed by atoms with Crippen LogP contribution in [0.2, 0.25) is 5.02 Å². The first-order chi connectivity index (χ1) is 8.25. The summed E-state index contributed by atoms with van der Waals surface area (Å²) in [5.74, 6) is 0.685. The minimum absolute atomic E-state index is 0.170. The molecule has 0 unspecified atom stereocenters. The quantitative estimate of drug-likeness (QED) is 0.895. The van der Waals surface area contributed by atoms with E-state index in [-0.39, 0.29) is 5.75 Å². The lowest BCUT2D eigenvalue weighted by Crippen LogP contribution is -2.01. The molecular formula is C14H13ClO2. The van der Waals surface area contributed by atoms with Gasteiger partial charge in [0.05, 0.1) is 6.61 Å². The summed E-state index contributed by atoms with van der Waals surface area (Å²) in [4.78, 5) is 0. The molecule has 2 aromatic rings. The van der Waals surface area contributed by atoms with Crippen LogP contribution in [0.5, 0.6) is 11.5 Å². The van der Waals surface area contributed by atoms with E-state index in [1.807, 2.05) is 30.3 Å². The Balaban J connectivity index is 1.88. The smallest absolute Gasteiger partial charge is 0.160 e. The highest BCUT2D eigenvalue weighted by molar-refractivity contribution is 6.30. The molecule has 0 aliphatic heterocycles. The Morgan fingerprint density at radius 3 is 2.41 bits per heavy atom. The average Bonchev–Trinajstić information content (AvgIpc) is 2.34. The van der Waals surface area contributed by atoms with Crippen molar-refractivity contribution in [2.24, 2.45) is 0 Å². The molecule has 0 atom stereocenters. The zero-order valence-electron chi connectivity index (χ0n) is 9.27. The summed E-state index contributed by atoms with van der Waals surface area (Å²) in [6, 6.07) is 14.6. The van der Waals surface area contributed by atoms with Gasteiger partial charge in [-0.05, 0) is 29.8 Å². The van der Waals surface area contributed by atoms with Crippen molar-refractivity contribution >= 4 is 11.6 Å². The molecule has 2 aromatic carbocycles. The molecule has 0 fully saturated rings. The van der Waals surface area contributed by atoms with Crippen molar-refractivity contribution in [2.45, 2.75) is 6.42 Å². The molecule has 2 rings (SSSR count). The van der Waals surface area contributed by atoms with Crippen molar-refractivity contribution in [3.05, 3.63) is 59.1 Å². The Morgan fingerprint density at radius 2 is 1.71 bits per heavy atom. The Kier molecular flexibility index (Phi) is 3.89. The minimum Gasteiger partial charge on any atom is -0.504 e. The standard InChI is InChI=1S/C14H13ClO2/c15-12-7-5-11(6-8-12)9-10-17-14-4-2-1-3-13(14)16/h1-8,16H,9-10H2. The summed E-state index contributed by atoms with van der Waals surface area (Å²) in [5, 5.41) is 10.2. The van der Waals surface area contributed by atoms with Gasteiger partial charge in [0.1, 0.15) is 0 Å². The fraction of sp³-hybridized carbons (Fsp3) is 0.143. The van der Waals surface area contributed by atoms with Gasteiger partial charge in [-0.2, -0.15) is 0 Å². The van der Waals surface area contributed by atoms with Gasteiger partial charge in [0, 0.05) is 11.4 Å². The van der Waals surface area contributed by atoms with E-state index in [1.54, 1.807) is 18.2 Å². The van der Waals surface area contributed by atoms with Crippen LogP contribution in [0.3, 0.4) is 0 Å². The monoisotopic (exact) mass is 248 g/mol. The lowest BCUT2D eigenvalue weighted by Gasteiger charge is -2.07. The molecule has 0 heterocycles. The second-order valence-corrected chi connectivity index (χ2v) is 4.13. The summed E-state index contributed by atoms with van der Waals surface area (Å²) in [6.07, 6.45) is 0.783. The van der Waals surface area contributed by atoms with Gasteiger partial charge in [-0.3, -0.25) is 0 Å².